The van der Waals surface area contributed by atoms with Crippen LogP contribution in [-0.2, 0) is 9.53 Å². The fourth-order valence-corrected chi connectivity index (χ4v) is 2.63. The molecule has 4 heteroatoms. The van der Waals surface area contributed by atoms with Crippen molar-refractivity contribution in [2.24, 2.45) is 5.41 Å². The third-order valence-corrected chi connectivity index (χ3v) is 3.76. The fraction of sp³-hybridized carbons (Fsp3) is 0.889. The Kier molecular flexibility index (Phi) is 3.24. The van der Waals surface area contributed by atoms with E-state index in [1.165, 1.54) is 7.11 Å². The lowest BCUT2D eigenvalue weighted by Crippen LogP contribution is -2.42. The van der Waals surface area contributed by atoms with Crippen molar-refractivity contribution >= 4 is 17.7 Å². The number of ether oxygens (including phenoxy) is 1. The number of carbonyl (C=O) groups is 1. The van der Waals surface area contributed by atoms with Crippen LogP contribution in [0.5, 0.6) is 0 Å². The molecule has 1 heterocycles. The van der Waals surface area contributed by atoms with Gasteiger partial charge in [0.2, 0.25) is 0 Å². The Balaban J connectivity index is 2.50. The minimum Gasteiger partial charge on any atom is -0.468 e. The van der Waals surface area contributed by atoms with E-state index in [1.54, 1.807) is 11.8 Å². The van der Waals surface area contributed by atoms with Gasteiger partial charge in [-0.1, -0.05) is 20.8 Å². The molecule has 0 aromatic rings. The summed E-state index contributed by atoms with van der Waals surface area (Å²) in [6.45, 7) is 6.49. The summed E-state index contributed by atoms with van der Waals surface area (Å²) in [5.41, 5.74) is 0.188. The van der Waals surface area contributed by atoms with Crippen molar-refractivity contribution in [1.29, 1.82) is 0 Å². The maximum absolute atomic E-state index is 11.2. The summed E-state index contributed by atoms with van der Waals surface area (Å²) in [6.07, 6.45) is 0. The van der Waals surface area contributed by atoms with E-state index >= 15 is 0 Å². The maximum Gasteiger partial charge on any atom is 0.323 e. The SMILES string of the molecule is COC(=O)C1CSC(C(C)(C)C)N1. The van der Waals surface area contributed by atoms with Crippen LogP contribution in [0.4, 0.5) is 0 Å². The first kappa shape index (κ1) is 10.9. The summed E-state index contributed by atoms with van der Waals surface area (Å²) in [4.78, 5) is 11.2. The molecule has 0 aliphatic carbocycles. The number of nitrogens with one attached hydrogen (secondary N) is 1. The summed E-state index contributed by atoms with van der Waals surface area (Å²) >= 11 is 1.79. The largest absolute Gasteiger partial charge is 0.468 e. The Morgan fingerprint density at radius 2 is 2.15 bits per heavy atom. The van der Waals surface area contributed by atoms with E-state index in [1.807, 2.05) is 0 Å². The molecule has 0 aromatic heterocycles. The van der Waals surface area contributed by atoms with E-state index in [0.29, 0.717) is 5.37 Å². The van der Waals surface area contributed by atoms with Crippen LogP contribution in [0, 0.1) is 5.41 Å². The molecule has 0 radical (unpaired) electrons. The molecule has 0 amide bonds. The summed E-state index contributed by atoms with van der Waals surface area (Å²) in [7, 11) is 1.43. The molecule has 1 aliphatic heterocycles. The van der Waals surface area contributed by atoms with Gasteiger partial charge in [-0.2, -0.15) is 0 Å². The zero-order valence-corrected chi connectivity index (χ0v) is 9.40. The van der Waals surface area contributed by atoms with Gasteiger partial charge in [-0.05, 0) is 5.41 Å². The summed E-state index contributed by atoms with van der Waals surface area (Å²) in [5, 5.41) is 3.61. The number of methoxy groups -OCH3 is 1. The molecule has 13 heavy (non-hydrogen) atoms. The number of hydrogen-bond donors (Lipinski definition) is 1. The van der Waals surface area contributed by atoms with Gasteiger partial charge in [-0.25, -0.2) is 0 Å². The molecular formula is C9H17NO2S. The number of esters is 1. The van der Waals surface area contributed by atoms with E-state index < -0.39 is 0 Å². The first-order chi connectivity index (χ1) is 5.95. The van der Waals surface area contributed by atoms with E-state index in [0.717, 1.165) is 5.75 Å². The number of hydrogen-bond acceptors (Lipinski definition) is 4. The molecule has 2 unspecified atom stereocenters. The molecule has 1 fully saturated rings. The van der Waals surface area contributed by atoms with E-state index in [-0.39, 0.29) is 17.4 Å². The van der Waals surface area contributed by atoms with Crippen molar-refractivity contribution in [3.8, 4) is 0 Å². The second kappa shape index (κ2) is 3.88. The molecule has 1 aliphatic rings. The highest BCUT2D eigenvalue weighted by Crippen LogP contribution is 2.33. The van der Waals surface area contributed by atoms with Crippen LogP contribution in [0.1, 0.15) is 20.8 Å². The van der Waals surface area contributed by atoms with Crippen LogP contribution in [-0.4, -0.2) is 30.2 Å². The number of rotatable bonds is 1. The van der Waals surface area contributed by atoms with Crippen LogP contribution in [0.15, 0.2) is 0 Å². The Morgan fingerprint density at radius 1 is 1.54 bits per heavy atom. The molecule has 1 saturated heterocycles. The second-order valence-electron chi connectivity index (χ2n) is 4.32. The quantitative estimate of drug-likeness (QED) is 0.651. The van der Waals surface area contributed by atoms with Gasteiger partial charge in [0.1, 0.15) is 6.04 Å². The van der Waals surface area contributed by atoms with Gasteiger partial charge in [0.25, 0.3) is 0 Å². The summed E-state index contributed by atoms with van der Waals surface area (Å²) < 4.78 is 4.68. The van der Waals surface area contributed by atoms with Crippen molar-refractivity contribution in [1.82, 2.24) is 5.32 Å². The van der Waals surface area contributed by atoms with E-state index in [9.17, 15) is 4.79 Å². The van der Waals surface area contributed by atoms with Crippen LogP contribution in [0.3, 0.4) is 0 Å². The Bertz CT molecular complexity index is 200. The normalized spacial score (nSPS) is 28.9. The Hall–Kier alpha value is -0.220. The van der Waals surface area contributed by atoms with Crippen molar-refractivity contribution in [3.05, 3.63) is 0 Å². The molecule has 1 rings (SSSR count). The zero-order valence-electron chi connectivity index (χ0n) is 8.59. The lowest BCUT2D eigenvalue weighted by Gasteiger charge is -2.26. The average molecular weight is 203 g/mol. The monoisotopic (exact) mass is 203 g/mol. The first-order valence-corrected chi connectivity index (χ1v) is 5.45. The van der Waals surface area contributed by atoms with E-state index in [2.05, 4.69) is 30.8 Å². The fourth-order valence-electron chi connectivity index (χ4n) is 1.25. The minimum atomic E-state index is -0.153. The topological polar surface area (TPSA) is 38.3 Å². The molecule has 0 saturated carbocycles. The minimum absolute atomic E-state index is 0.126. The van der Waals surface area contributed by atoms with Gasteiger partial charge in [-0.3, -0.25) is 10.1 Å². The molecule has 0 spiro atoms. The summed E-state index contributed by atoms with van der Waals surface area (Å²) in [5.74, 6) is 0.661. The van der Waals surface area contributed by atoms with Crippen molar-refractivity contribution in [2.75, 3.05) is 12.9 Å². The zero-order chi connectivity index (χ0) is 10.1. The lowest BCUT2D eigenvalue weighted by molar-refractivity contribution is -0.142. The Morgan fingerprint density at radius 3 is 2.54 bits per heavy atom. The molecule has 1 N–H and O–H groups in total. The van der Waals surface area contributed by atoms with Gasteiger partial charge in [0.15, 0.2) is 0 Å². The predicted molar refractivity (Wildman–Crippen MR) is 54.6 cm³/mol. The molecule has 76 valence electrons. The highest BCUT2D eigenvalue weighted by atomic mass is 32.2. The third-order valence-electron chi connectivity index (χ3n) is 2.05. The smallest absolute Gasteiger partial charge is 0.323 e. The molecule has 0 aromatic carbocycles. The van der Waals surface area contributed by atoms with Crippen LogP contribution in [0.25, 0.3) is 0 Å². The summed E-state index contributed by atoms with van der Waals surface area (Å²) in [6, 6.07) is -0.126. The van der Waals surface area contributed by atoms with Crippen molar-refractivity contribution < 1.29 is 9.53 Å². The first-order valence-electron chi connectivity index (χ1n) is 4.40. The van der Waals surface area contributed by atoms with Crippen LogP contribution >= 0.6 is 11.8 Å². The molecule has 2 atom stereocenters. The van der Waals surface area contributed by atoms with Crippen LogP contribution in [0.2, 0.25) is 0 Å². The van der Waals surface area contributed by atoms with Crippen molar-refractivity contribution in [2.45, 2.75) is 32.2 Å². The lowest BCUT2D eigenvalue weighted by atomic mass is 9.96. The Labute approximate surface area is 83.6 Å². The highest BCUT2D eigenvalue weighted by molar-refractivity contribution is 8.00. The standard InChI is InChI=1S/C9H17NO2S/c1-9(2,3)8-10-6(5-13-8)7(11)12-4/h6,8,10H,5H2,1-4H3. The third kappa shape index (κ3) is 2.61. The van der Waals surface area contributed by atoms with Crippen molar-refractivity contribution in [3.63, 3.8) is 0 Å². The molecule has 0 bridgehead atoms. The molecule has 3 nitrogen and oxygen atoms in total. The van der Waals surface area contributed by atoms with Gasteiger partial charge in [-0.15, -0.1) is 11.8 Å². The second-order valence-corrected chi connectivity index (χ2v) is 5.46. The predicted octanol–water partition coefficient (Wildman–Crippen LogP) is 1.24. The highest BCUT2D eigenvalue weighted by Gasteiger charge is 2.36. The van der Waals surface area contributed by atoms with Gasteiger partial charge in [0.05, 0.1) is 12.5 Å². The maximum atomic E-state index is 11.2. The number of carbonyl (C=O) groups excluding carboxylic acids is 1. The van der Waals surface area contributed by atoms with Gasteiger partial charge in [0, 0.05) is 5.75 Å². The average Bonchev–Trinajstić information content (AvgIpc) is 2.50. The molecular weight excluding hydrogens is 186 g/mol. The van der Waals surface area contributed by atoms with E-state index in [4.69, 9.17) is 0 Å². The van der Waals surface area contributed by atoms with Crippen LogP contribution < -0.4 is 5.32 Å². The number of thioether (sulfide) groups is 1. The van der Waals surface area contributed by atoms with Gasteiger partial charge >= 0.3 is 5.97 Å². The van der Waals surface area contributed by atoms with Gasteiger partial charge < -0.3 is 4.74 Å².